The molecule has 0 saturated heterocycles. The van der Waals surface area contributed by atoms with Gasteiger partial charge in [0.1, 0.15) is 5.78 Å². The molecule has 1 rings (SSSR count). The molecule has 0 aromatic heterocycles. The van der Waals surface area contributed by atoms with Crippen molar-refractivity contribution in [3.05, 3.63) is 0 Å². The van der Waals surface area contributed by atoms with Crippen LogP contribution in [0.15, 0.2) is 0 Å². The Bertz CT molecular complexity index is 254. The summed E-state index contributed by atoms with van der Waals surface area (Å²) in [6, 6.07) is 0. The Morgan fingerprint density at radius 3 is 2.47 bits per heavy atom. The molecule has 17 heavy (non-hydrogen) atoms. The minimum Gasteiger partial charge on any atom is -0.466 e. The van der Waals surface area contributed by atoms with Gasteiger partial charge in [0.05, 0.1) is 6.61 Å². The minimum absolute atomic E-state index is 0.240. The van der Waals surface area contributed by atoms with Gasteiger partial charge in [0.2, 0.25) is 0 Å². The lowest BCUT2D eigenvalue weighted by molar-refractivity contribution is -0.141. The van der Waals surface area contributed by atoms with Crippen molar-refractivity contribution in [1.29, 1.82) is 0 Å². The predicted molar refractivity (Wildman–Crippen MR) is 66.6 cm³/mol. The molecule has 3 heteroatoms. The molecule has 1 atom stereocenters. The van der Waals surface area contributed by atoms with Crippen LogP contribution < -0.4 is 0 Å². The monoisotopic (exact) mass is 240 g/mol. The zero-order valence-electron chi connectivity index (χ0n) is 11.0. The molecule has 98 valence electrons. The Balaban J connectivity index is 2.18. The second kappa shape index (κ2) is 7.46. The highest BCUT2D eigenvalue weighted by Gasteiger charge is 2.22. The highest BCUT2D eigenvalue weighted by atomic mass is 16.5. The summed E-state index contributed by atoms with van der Waals surface area (Å²) in [6.45, 7) is 3.91. The van der Waals surface area contributed by atoms with Crippen molar-refractivity contribution in [3.63, 3.8) is 0 Å². The standard InChI is InChI=1S/C14H24O3/c1-11(8-9-17-12(2)15)10-14(16)13-6-4-3-5-7-13/h11,13H,3-10H2,1-2H3/t11-/m1/s1. The van der Waals surface area contributed by atoms with Crippen molar-refractivity contribution >= 4 is 11.8 Å². The molecular weight excluding hydrogens is 216 g/mol. The van der Waals surface area contributed by atoms with E-state index in [2.05, 4.69) is 6.92 Å². The zero-order chi connectivity index (χ0) is 12.7. The van der Waals surface area contributed by atoms with Crippen LogP contribution in [0.25, 0.3) is 0 Å². The van der Waals surface area contributed by atoms with Gasteiger partial charge >= 0.3 is 5.97 Å². The van der Waals surface area contributed by atoms with Gasteiger partial charge in [-0.15, -0.1) is 0 Å². The molecule has 1 fully saturated rings. The second-order valence-electron chi connectivity index (χ2n) is 5.24. The van der Waals surface area contributed by atoms with Gasteiger partial charge in [0.25, 0.3) is 0 Å². The van der Waals surface area contributed by atoms with Crippen molar-refractivity contribution in [2.75, 3.05) is 6.61 Å². The van der Waals surface area contributed by atoms with E-state index in [9.17, 15) is 9.59 Å². The molecule has 0 heterocycles. The molecule has 0 radical (unpaired) electrons. The van der Waals surface area contributed by atoms with Gasteiger partial charge in [-0.2, -0.15) is 0 Å². The predicted octanol–water partition coefficient (Wildman–Crippen LogP) is 3.12. The first-order valence-corrected chi connectivity index (χ1v) is 6.75. The third kappa shape index (κ3) is 5.85. The molecule has 0 aliphatic heterocycles. The summed E-state index contributed by atoms with van der Waals surface area (Å²) in [5.74, 6) is 0.805. The van der Waals surface area contributed by atoms with Crippen molar-refractivity contribution in [2.45, 2.75) is 58.8 Å². The summed E-state index contributed by atoms with van der Waals surface area (Å²) in [6.07, 6.45) is 7.29. The first-order valence-electron chi connectivity index (χ1n) is 6.75. The number of rotatable bonds is 6. The van der Waals surface area contributed by atoms with E-state index in [1.807, 2.05) is 0 Å². The molecule has 3 nitrogen and oxygen atoms in total. The topological polar surface area (TPSA) is 43.4 Å². The second-order valence-corrected chi connectivity index (χ2v) is 5.24. The van der Waals surface area contributed by atoms with E-state index in [4.69, 9.17) is 4.74 Å². The lowest BCUT2D eigenvalue weighted by atomic mass is 9.83. The minimum atomic E-state index is -0.240. The molecule has 0 unspecified atom stereocenters. The highest BCUT2D eigenvalue weighted by Crippen LogP contribution is 2.26. The van der Waals surface area contributed by atoms with Gasteiger partial charge in [-0.25, -0.2) is 0 Å². The molecule has 1 saturated carbocycles. The molecule has 0 aromatic rings. The fraction of sp³-hybridized carbons (Fsp3) is 0.857. The van der Waals surface area contributed by atoms with Crippen LogP contribution in [-0.2, 0) is 14.3 Å². The van der Waals surface area contributed by atoms with Crippen LogP contribution in [0, 0.1) is 11.8 Å². The maximum Gasteiger partial charge on any atom is 0.302 e. The first-order chi connectivity index (χ1) is 8.09. The fourth-order valence-electron chi connectivity index (χ4n) is 2.44. The molecular formula is C14H24O3. The Hall–Kier alpha value is -0.860. The van der Waals surface area contributed by atoms with Crippen LogP contribution in [-0.4, -0.2) is 18.4 Å². The molecule has 1 aliphatic carbocycles. The number of ether oxygens (including phenoxy) is 1. The van der Waals surface area contributed by atoms with Crippen molar-refractivity contribution in [2.24, 2.45) is 11.8 Å². The molecule has 1 aliphatic rings. The number of carbonyl (C=O) groups excluding carboxylic acids is 2. The van der Waals surface area contributed by atoms with Gasteiger partial charge in [0, 0.05) is 19.3 Å². The third-order valence-electron chi connectivity index (χ3n) is 3.53. The van der Waals surface area contributed by atoms with Crippen LogP contribution >= 0.6 is 0 Å². The summed E-state index contributed by atoms with van der Waals surface area (Å²) >= 11 is 0. The quantitative estimate of drug-likeness (QED) is 0.670. The van der Waals surface area contributed by atoms with E-state index < -0.39 is 0 Å². The Labute approximate surface area is 104 Å². The number of esters is 1. The van der Waals surface area contributed by atoms with Gasteiger partial charge in [-0.1, -0.05) is 26.2 Å². The SMILES string of the molecule is CC(=O)OCC[C@@H](C)CC(=O)C1CCCCC1. The number of Topliss-reactive ketones (excluding diaryl/α,β-unsaturated/α-hetero) is 1. The van der Waals surface area contributed by atoms with Crippen LogP contribution in [0.3, 0.4) is 0 Å². The Morgan fingerprint density at radius 2 is 1.88 bits per heavy atom. The summed E-state index contributed by atoms with van der Waals surface area (Å²) in [4.78, 5) is 22.6. The van der Waals surface area contributed by atoms with Crippen LogP contribution in [0.1, 0.15) is 58.8 Å². The van der Waals surface area contributed by atoms with Crippen molar-refractivity contribution in [1.82, 2.24) is 0 Å². The average Bonchev–Trinajstić information content (AvgIpc) is 2.29. The van der Waals surface area contributed by atoms with Gasteiger partial charge in [0.15, 0.2) is 0 Å². The van der Waals surface area contributed by atoms with E-state index in [1.165, 1.54) is 26.2 Å². The molecule has 0 N–H and O–H groups in total. The lowest BCUT2D eigenvalue weighted by Crippen LogP contribution is -2.20. The van der Waals surface area contributed by atoms with Crippen LogP contribution in [0.4, 0.5) is 0 Å². The smallest absolute Gasteiger partial charge is 0.302 e. The van der Waals surface area contributed by atoms with Crippen LogP contribution in [0.2, 0.25) is 0 Å². The lowest BCUT2D eigenvalue weighted by Gasteiger charge is -2.21. The average molecular weight is 240 g/mol. The first kappa shape index (κ1) is 14.2. The summed E-state index contributed by atoms with van der Waals surface area (Å²) in [7, 11) is 0. The maximum absolute atomic E-state index is 12.0. The third-order valence-corrected chi connectivity index (χ3v) is 3.53. The molecule has 0 aromatic carbocycles. The number of hydrogen-bond donors (Lipinski definition) is 0. The Kier molecular flexibility index (Phi) is 6.23. The van der Waals surface area contributed by atoms with E-state index in [-0.39, 0.29) is 5.97 Å². The highest BCUT2D eigenvalue weighted by molar-refractivity contribution is 5.81. The molecule has 0 bridgehead atoms. The van der Waals surface area contributed by atoms with Gasteiger partial charge in [-0.05, 0) is 25.2 Å². The number of hydrogen-bond acceptors (Lipinski definition) is 3. The van der Waals surface area contributed by atoms with E-state index in [0.29, 0.717) is 30.6 Å². The molecule has 0 amide bonds. The Morgan fingerprint density at radius 1 is 1.24 bits per heavy atom. The van der Waals surface area contributed by atoms with E-state index in [0.717, 1.165) is 19.3 Å². The van der Waals surface area contributed by atoms with Gasteiger partial charge < -0.3 is 4.74 Å². The van der Waals surface area contributed by atoms with Crippen molar-refractivity contribution < 1.29 is 14.3 Å². The number of ketones is 1. The normalized spacial score (nSPS) is 18.7. The summed E-state index contributed by atoms with van der Waals surface area (Å²) < 4.78 is 4.89. The maximum atomic E-state index is 12.0. The number of carbonyl (C=O) groups is 2. The molecule has 0 spiro atoms. The zero-order valence-corrected chi connectivity index (χ0v) is 11.0. The van der Waals surface area contributed by atoms with E-state index >= 15 is 0 Å². The largest absolute Gasteiger partial charge is 0.466 e. The fourth-order valence-corrected chi connectivity index (χ4v) is 2.44. The van der Waals surface area contributed by atoms with Crippen molar-refractivity contribution in [3.8, 4) is 0 Å². The summed E-state index contributed by atoms with van der Waals surface area (Å²) in [5.41, 5.74) is 0. The van der Waals surface area contributed by atoms with E-state index in [1.54, 1.807) is 0 Å². The summed E-state index contributed by atoms with van der Waals surface area (Å²) in [5, 5.41) is 0. The van der Waals surface area contributed by atoms with Gasteiger partial charge in [-0.3, -0.25) is 9.59 Å². The van der Waals surface area contributed by atoms with Crippen LogP contribution in [0.5, 0.6) is 0 Å².